The van der Waals surface area contributed by atoms with E-state index in [0.29, 0.717) is 48.4 Å². The van der Waals surface area contributed by atoms with Crippen molar-refractivity contribution < 1.29 is 9.53 Å². The molecule has 2 aromatic rings. The number of anilines is 1. The lowest BCUT2D eigenvalue weighted by molar-refractivity contribution is -0.133. The van der Waals surface area contributed by atoms with Crippen molar-refractivity contribution in [2.45, 2.75) is 0 Å². The summed E-state index contributed by atoms with van der Waals surface area (Å²) in [5, 5.41) is 2.09. The highest BCUT2D eigenvalue weighted by atomic mass is 35.5. The molecule has 3 heterocycles. The molecule has 1 amide bonds. The molecule has 27 heavy (non-hydrogen) atoms. The van der Waals surface area contributed by atoms with Crippen LogP contribution in [-0.2, 0) is 9.53 Å². The van der Waals surface area contributed by atoms with Gasteiger partial charge >= 0.3 is 0 Å². The van der Waals surface area contributed by atoms with E-state index < -0.39 is 0 Å². The molecule has 2 saturated heterocycles. The Balaban J connectivity index is 1.39. The van der Waals surface area contributed by atoms with Gasteiger partial charge in [-0.1, -0.05) is 23.2 Å². The fourth-order valence-corrected chi connectivity index (χ4v) is 3.97. The van der Waals surface area contributed by atoms with Gasteiger partial charge in [-0.05, 0) is 24.3 Å². The topological polar surface area (TPSA) is 48.9 Å². The molecule has 4 rings (SSSR count). The first-order chi connectivity index (χ1) is 13.1. The van der Waals surface area contributed by atoms with Crippen LogP contribution in [0.2, 0.25) is 10.0 Å². The number of carbonyl (C=O) groups is 1. The summed E-state index contributed by atoms with van der Waals surface area (Å²) in [6.07, 6.45) is 0. The maximum Gasteiger partial charge on any atom is 0.236 e. The second kappa shape index (κ2) is 8.19. The number of rotatable bonds is 3. The number of hydrogen-bond donors (Lipinski definition) is 0. The number of benzene rings is 1. The smallest absolute Gasteiger partial charge is 0.236 e. The third-order valence-corrected chi connectivity index (χ3v) is 5.79. The Hall–Kier alpha value is -1.60. The molecule has 1 aromatic carbocycles. The van der Waals surface area contributed by atoms with Crippen LogP contribution < -0.4 is 4.90 Å². The average Bonchev–Trinajstić information content (AvgIpc) is 2.71. The molecule has 0 unspecified atom stereocenters. The van der Waals surface area contributed by atoms with Crippen LogP contribution in [0.5, 0.6) is 0 Å². The van der Waals surface area contributed by atoms with Crippen LogP contribution in [-0.4, -0.2) is 79.7 Å². The van der Waals surface area contributed by atoms with Crippen molar-refractivity contribution >= 4 is 45.8 Å². The lowest BCUT2D eigenvalue weighted by Crippen LogP contribution is -2.52. The summed E-state index contributed by atoms with van der Waals surface area (Å²) in [4.78, 5) is 23.5. The van der Waals surface area contributed by atoms with Crippen molar-refractivity contribution in [2.24, 2.45) is 0 Å². The Morgan fingerprint density at radius 2 is 1.67 bits per heavy atom. The van der Waals surface area contributed by atoms with E-state index in [0.717, 1.165) is 37.4 Å². The number of hydrogen-bond acceptors (Lipinski definition) is 5. The SMILES string of the molecule is O=C(CN1CCOCC1)N1CCN(c2ccc3c(Cl)ccc(Cl)c3n2)CC1. The zero-order chi connectivity index (χ0) is 18.8. The summed E-state index contributed by atoms with van der Waals surface area (Å²) in [5.74, 6) is 1.06. The molecule has 1 aromatic heterocycles. The van der Waals surface area contributed by atoms with Crippen molar-refractivity contribution in [2.75, 3.05) is 63.9 Å². The minimum absolute atomic E-state index is 0.192. The van der Waals surface area contributed by atoms with Crippen LogP contribution >= 0.6 is 23.2 Å². The molecule has 8 heteroatoms. The molecule has 6 nitrogen and oxygen atoms in total. The summed E-state index contributed by atoms with van der Waals surface area (Å²) in [6, 6.07) is 7.48. The monoisotopic (exact) mass is 408 g/mol. The fourth-order valence-electron chi connectivity index (χ4n) is 3.55. The summed E-state index contributed by atoms with van der Waals surface area (Å²) >= 11 is 12.5. The lowest BCUT2D eigenvalue weighted by Gasteiger charge is -2.37. The van der Waals surface area contributed by atoms with Gasteiger partial charge in [-0.15, -0.1) is 0 Å². The van der Waals surface area contributed by atoms with E-state index in [1.165, 1.54) is 0 Å². The van der Waals surface area contributed by atoms with Crippen molar-refractivity contribution in [3.8, 4) is 0 Å². The predicted molar refractivity (Wildman–Crippen MR) is 108 cm³/mol. The minimum Gasteiger partial charge on any atom is -0.379 e. The second-order valence-electron chi connectivity index (χ2n) is 6.85. The molecule has 2 aliphatic heterocycles. The molecule has 0 saturated carbocycles. The molecule has 0 N–H and O–H groups in total. The molecular formula is C19H22Cl2N4O2. The van der Waals surface area contributed by atoms with Crippen molar-refractivity contribution in [1.82, 2.24) is 14.8 Å². The number of ether oxygens (including phenoxy) is 1. The quantitative estimate of drug-likeness (QED) is 0.780. The third kappa shape index (κ3) is 4.14. The Morgan fingerprint density at radius 3 is 2.41 bits per heavy atom. The van der Waals surface area contributed by atoms with Crippen LogP contribution in [0.3, 0.4) is 0 Å². The third-order valence-electron chi connectivity index (χ3n) is 5.16. The van der Waals surface area contributed by atoms with Gasteiger partial charge in [-0.25, -0.2) is 4.98 Å². The van der Waals surface area contributed by atoms with Gasteiger partial charge in [-0.2, -0.15) is 0 Å². The predicted octanol–water partition coefficient (Wildman–Crippen LogP) is 2.52. The first-order valence-corrected chi connectivity index (χ1v) is 9.95. The van der Waals surface area contributed by atoms with Gasteiger partial charge in [0.15, 0.2) is 0 Å². The van der Waals surface area contributed by atoms with E-state index in [2.05, 4.69) is 9.80 Å². The first-order valence-electron chi connectivity index (χ1n) is 9.19. The van der Waals surface area contributed by atoms with Crippen LogP contribution in [0.4, 0.5) is 5.82 Å². The first kappa shape index (κ1) is 18.7. The highest BCUT2D eigenvalue weighted by Gasteiger charge is 2.24. The summed E-state index contributed by atoms with van der Waals surface area (Å²) in [5.41, 5.74) is 0.715. The Labute approximate surface area is 168 Å². The summed E-state index contributed by atoms with van der Waals surface area (Å²) in [6.45, 7) is 6.47. The largest absolute Gasteiger partial charge is 0.379 e. The number of aromatic nitrogens is 1. The average molecular weight is 409 g/mol. The zero-order valence-corrected chi connectivity index (χ0v) is 16.5. The number of pyridine rings is 1. The number of piperazine rings is 1. The number of amides is 1. The second-order valence-corrected chi connectivity index (χ2v) is 7.67. The number of morpholine rings is 1. The number of fused-ring (bicyclic) bond motifs is 1. The van der Waals surface area contributed by atoms with Crippen molar-refractivity contribution in [3.63, 3.8) is 0 Å². The Bertz CT molecular complexity index is 834. The standard InChI is InChI=1S/C19H22Cl2N4O2/c20-15-2-3-16(21)19-14(15)1-4-17(22-19)24-5-7-25(8-6-24)18(26)13-23-9-11-27-12-10-23/h1-4H,5-13H2. The summed E-state index contributed by atoms with van der Waals surface area (Å²) in [7, 11) is 0. The van der Waals surface area contributed by atoms with Crippen molar-refractivity contribution in [1.29, 1.82) is 0 Å². The highest BCUT2D eigenvalue weighted by molar-refractivity contribution is 6.39. The van der Waals surface area contributed by atoms with Crippen LogP contribution in [0.25, 0.3) is 10.9 Å². The summed E-state index contributed by atoms with van der Waals surface area (Å²) < 4.78 is 5.34. The molecule has 0 bridgehead atoms. The van der Waals surface area contributed by atoms with Gasteiger partial charge in [0, 0.05) is 44.7 Å². The Morgan fingerprint density at radius 1 is 0.963 bits per heavy atom. The van der Waals surface area contributed by atoms with Gasteiger partial charge in [0.05, 0.1) is 35.3 Å². The van der Waals surface area contributed by atoms with E-state index in [-0.39, 0.29) is 5.91 Å². The number of halogens is 2. The Kier molecular flexibility index (Phi) is 5.68. The highest BCUT2D eigenvalue weighted by Crippen LogP contribution is 2.30. The molecule has 0 aliphatic carbocycles. The van der Waals surface area contributed by atoms with Gasteiger partial charge in [0.1, 0.15) is 5.82 Å². The molecular weight excluding hydrogens is 387 g/mol. The minimum atomic E-state index is 0.192. The van der Waals surface area contributed by atoms with Crippen LogP contribution in [0.15, 0.2) is 24.3 Å². The van der Waals surface area contributed by atoms with Crippen LogP contribution in [0.1, 0.15) is 0 Å². The van der Waals surface area contributed by atoms with E-state index in [1.54, 1.807) is 12.1 Å². The molecule has 2 fully saturated rings. The lowest BCUT2D eigenvalue weighted by atomic mass is 10.2. The van der Waals surface area contributed by atoms with Crippen LogP contribution in [0, 0.1) is 0 Å². The van der Waals surface area contributed by atoms with Gasteiger partial charge < -0.3 is 14.5 Å². The number of carbonyl (C=O) groups excluding carboxylic acids is 1. The molecule has 0 radical (unpaired) electrons. The maximum absolute atomic E-state index is 12.5. The maximum atomic E-state index is 12.5. The fraction of sp³-hybridized carbons (Fsp3) is 0.474. The van der Waals surface area contributed by atoms with Gasteiger partial charge in [0.2, 0.25) is 5.91 Å². The molecule has 0 atom stereocenters. The van der Waals surface area contributed by atoms with E-state index in [1.807, 2.05) is 17.0 Å². The number of nitrogens with zero attached hydrogens (tertiary/aromatic N) is 4. The van der Waals surface area contributed by atoms with E-state index >= 15 is 0 Å². The van der Waals surface area contributed by atoms with E-state index in [9.17, 15) is 4.79 Å². The molecule has 2 aliphatic rings. The van der Waals surface area contributed by atoms with E-state index in [4.69, 9.17) is 32.9 Å². The zero-order valence-electron chi connectivity index (χ0n) is 15.0. The van der Waals surface area contributed by atoms with Gasteiger partial charge in [0.25, 0.3) is 0 Å². The normalized spacial score (nSPS) is 18.9. The molecule has 144 valence electrons. The molecule has 0 spiro atoms. The van der Waals surface area contributed by atoms with Gasteiger partial charge in [-0.3, -0.25) is 9.69 Å². The van der Waals surface area contributed by atoms with Crippen molar-refractivity contribution in [3.05, 3.63) is 34.3 Å².